The molecular formula is C30H32N4O4. The molecule has 1 saturated heterocycles. The average molecular weight is 513 g/mol. The van der Waals surface area contributed by atoms with Crippen molar-refractivity contribution in [2.75, 3.05) is 6.61 Å². The van der Waals surface area contributed by atoms with Gasteiger partial charge in [-0.15, -0.1) is 0 Å². The summed E-state index contributed by atoms with van der Waals surface area (Å²) in [6.45, 7) is 6.23. The Morgan fingerprint density at radius 2 is 1.68 bits per heavy atom. The highest BCUT2D eigenvalue weighted by Gasteiger charge is 2.52. The van der Waals surface area contributed by atoms with Crippen LogP contribution in [-0.4, -0.2) is 51.2 Å². The first kappa shape index (κ1) is 25.6. The second-order valence-electron chi connectivity index (χ2n) is 10.5. The van der Waals surface area contributed by atoms with Gasteiger partial charge < -0.3 is 4.74 Å². The van der Waals surface area contributed by atoms with Gasteiger partial charge in [0.1, 0.15) is 5.71 Å². The van der Waals surface area contributed by atoms with Crippen LogP contribution in [0.15, 0.2) is 77.9 Å². The SMILES string of the molecule is CCOC(=O)C1(Cc2ccccc2)CC(C(=O)N2C(=O)CC(C)(C)N2Cc2cccc3ccccc23)=NN1. The molecule has 0 aliphatic carbocycles. The number of esters is 1. The van der Waals surface area contributed by atoms with Gasteiger partial charge in [-0.25, -0.2) is 14.8 Å². The minimum absolute atomic E-state index is 0.0197. The molecule has 3 aromatic carbocycles. The first-order valence-electron chi connectivity index (χ1n) is 12.9. The van der Waals surface area contributed by atoms with Crippen LogP contribution in [0.1, 0.15) is 44.7 Å². The van der Waals surface area contributed by atoms with E-state index in [0.29, 0.717) is 13.0 Å². The van der Waals surface area contributed by atoms with Gasteiger partial charge in [-0.2, -0.15) is 5.10 Å². The van der Waals surface area contributed by atoms with E-state index in [-0.39, 0.29) is 31.1 Å². The quantitative estimate of drug-likeness (QED) is 0.380. The third kappa shape index (κ3) is 4.67. The number of benzene rings is 3. The molecule has 196 valence electrons. The Bertz CT molecular complexity index is 1410. The maximum Gasteiger partial charge on any atom is 0.334 e. The number of hydrazone groups is 1. The summed E-state index contributed by atoms with van der Waals surface area (Å²) in [5.74, 6) is -1.29. The average Bonchev–Trinajstić information content (AvgIpc) is 3.43. The van der Waals surface area contributed by atoms with E-state index in [1.165, 1.54) is 5.01 Å². The molecule has 0 spiro atoms. The van der Waals surface area contributed by atoms with Gasteiger partial charge in [-0.05, 0) is 42.7 Å². The largest absolute Gasteiger partial charge is 0.464 e. The molecule has 0 saturated carbocycles. The molecule has 8 heteroatoms. The summed E-state index contributed by atoms with van der Waals surface area (Å²) >= 11 is 0. The molecule has 1 unspecified atom stereocenters. The molecular weight excluding hydrogens is 480 g/mol. The zero-order valence-corrected chi connectivity index (χ0v) is 21.9. The Kier molecular flexibility index (Phi) is 6.75. The second kappa shape index (κ2) is 10.0. The minimum Gasteiger partial charge on any atom is -0.464 e. The standard InChI is InChI=1S/C30H32N4O4/c1-4-38-28(37)30(17-21-11-6-5-7-12-21)18-25(31-32-30)27(36)34-26(35)19-29(2,3)33(34)20-23-15-10-14-22-13-8-9-16-24(22)23/h5-16,32H,4,17-20H2,1-3H3. The number of nitrogens with zero attached hydrogens (tertiary/aromatic N) is 3. The highest BCUT2D eigenvalue weighted by atomic mass is 16.5. The van der Waals surface area contributed by atoms with E-state index >= 15 is 0 Å². The molecule has 0 radical (unpaired) electrons. The van der Waals surface area contributed by atoms with Gasteiger partial charge >= 0.3 is 5.97 Å². The molecule has 0 aromatic heterocycles. The smallest absolute Gasteiger partial charge is 0.334 e. The summed E-state index contributed by atoms with van der Waals surface area (Å²) in [6, 6.07) is 23.6. The lowest BCUT2D eigenvalue weighted by atomic mass is 9.87. The highest BCUT2D eigenvalue weighted by molar-refractivity contribution is 6.42. The lowest BCUT2D eigenvalue weighted by Gasteiger charge is -2.35. The fourth-order valence-electron chi connectivity index (χ4n) is 5.33. The van der Waals surface area contributed by atoms with Crippen LogP contribution in [0.5, 0.6) is 0 Å². The Balaban J connectivity index is 1.43. The number of nitrogens with one attached hydrogen (secondary N) is 1. The molecule has 2 heterocycles. The van der Waals surface area contributed by atoms with Gasteiger partial charge in [0.2, 0.25) is 5.91 Å². The van der Waals surface area contributed by atoms with Gasteiger partial charge in [0.25, 0.3) is 5.91 Å². The van der Waals surface area contributed by atoms with Crippen LogP contribution in [0, 0.1) is 0 Å². The van der Waals surface area contributed by atoms with Crippen LogP contribution in [0.3, 0.4) is 0 Å². The van der Waals surface area contributed by atoms with Gasteiger partial charge in [-0.1, -0.05) is 72.8 Å². The number of hydrazine groups is 1. The Morgan fingerprint density at radius 3 is 2.45 bits per heavy atom. The number of carbonyl (C=O) groups excluding carboxylic acids is 3. The number of amides is 2. The number of fused-ring (bicyclic) bond motifs is 1. The predicted molar refractivity (Wildman–Crippen MR) is 145 cm³/mol. The van der Waals surface area contributed by atoms with E-state index in [1.807, 2.05) is 91.7 Å². The van der Waals surface area contributed by atoms with Crippen LogP contribution in [0.2, 0.25) is 0 Å². The maximum atomic E-state index is 13.9. The zero-order chi connectivity index (χ0) is 26.9. The summed E-state index contributed by atoms with van der Waals surface area (Å²) in [5.41, 5.74) is 3.16. The zero-order valence-electron chi connectivity index (χ0n) is 21.9. The first-order chi connectivity index (χ1) is 18.2. The van der Waals surface area contributed by atoms with Crippen molar-refractivity contribution in [3.63, 3.8) is 0 Å². The van der Waals surface area contributed by atoms with E-state index in [4.69, 9.17) is 4.74 Å². The normalized spacial score (nSPS) is 20.9. The third-order valence-corrected chi connectivity index (χ3v) is 7.29. The summed E-state index contributed by atoms with van der Waals surface area (Å²) in [6.07, 6.45) is 0.509. The van der Waals surface area contributed by atoms with E-state index in [9.17, 15) is 14.4 Å². The van der Waals surface area contributed by atoms with Gasteiger partial charge in [0.05, 0.1) is 6.61 Å². The fourth-order valence-corrected chi connectivity index (χ4v) is 5.33. The molecule has 38 heavy (non-hydrogen) atoms. The van der Waals surface area contributed by atoms with Crippen molar-refractivity contribution in [1.82, 2.24) is 15.4 Å². The predicted octanol–water partition coefficient (Wildman–Crippen LogP) is 3.99. The molecule has 8 nitrogen and oxygen atoms in total. The number of rotatable bonds is 7. The number of imide groups is 1. The third-order valence-electron chi connectivity index (χ3n) is 7.29. The molecule has 5 rings (SSSR count). The van der Waals surface area contributed by atoms with Crippen molar-refractivity contribution in [2.45, 2.75) is 57.7 Å². The molecule has 3 aromatic rings. The van der Waals surface area contributed by atoms with Gasteiger partial charge in [0.15, 0.2) is 5.54 Å². The van der Waals surface area contributed by atoms with E-state index < -0.39 is 23.0 Å². The van der Waals surface area contributed by atoms with Crippen molar-refractivity contribution >= 4 is 34.3 Å². The van der Waals surface area contributed by atoms with Crippen molar-refractivity contribution in [3.8, 4) is 0 Å². The lowest BCUT2D eigenvalue weighted by Crippen LogP contribution is -2.53. The Labute approximate surface area is 222 Å². The van der Waals surface area contributed by atoms with Crippen molar-refractivity contribution < 1.29 is 19.1 Å². The van der Waals surface area contributed by atoms with Crippen LogP contribution in [-0.2, 0) is 32.1 Å². The van der Waals surface area contributed by atoms with E-state index in [2.05, 4.69) is 10.5 Å². The fraction of sp³-hybridized carbons (Fsp3) is 0.333. The number of hydrogen-bond donors (Lipinski definition) is 1. The summed E-state index contributed by atoms with van der Waals surface area (Å²) in [7, 11) is 0. The monoisotopic (exact) mass is 512 g/mol. The van der Waals surface area contributed by atoms with Crippen molar-refractivity contribution in [2.24, 2.45) is 5.10 Å². The Hall–Kier alpha value is -4.04. The van der Waals surface area contributed by atoms with Crippen LogP contribution < -0.4 is 5.43 Å². The van der Waals surface area contributed by atoms with Crippen LogP contribution in [0.4, 0.5) is 0 Å². The van der Waals surface area contributed by atoms with Crippen LogP contribution in [0.25, 0.3) is 10.8 Å². The maximum absolute atomic E-state index is 13.9. The molecule has 1 fully saturated rings. The van der Waals surface area contributed by atoms with Crippen LogP contribution >= 0.6 is 0 Å². The van der Waals surface area contributed by atoms with E-state index in [0.717, 1.165) is 21.9 Å². The van der Waals surface area contributed by atoms with Gasteiger partial charge in [-0.3, -0.25) is 15.0 Å². The molecule has 1 atom stereocenters. The lowest BCUT2D eigenvalue weighted by molar-refractivity contribution is -0.155. The van der Waals surface area contributed by atoms with E-state index in [1.54, 1.807) is 6.92 Å². The molecule has 1 N–H and O–H groups in total. The molecule has 2 amide bonds. The molecule has 2 aliphatic rings. The highest BCUT2D eigenvalue weighted by Crippen LogP contribution is 2.35. The van der Waals surface area contributed by atoms with Crippen molar-refractivity contribution in [3.05, 3.63) is 83.9 Å². The first-order valence-corrected chi connectivity index (χ1v) is 12.9. The topological polar surface area (TPSA) is 91.3 Å². The second-order valence-corrected chi connectivity index (χ2v) is 10.5. The van der Waals surface area contributed by atoms with Gasteiger partial charge in [0, 0.05) is 31.3 Å². The number of carbonyl (C=O) groups is 3. The summed E-state index contributed by atoms with van der Waals surface area (Å²) < 4.78 is 5.37. The minimum atomic E-state index is -1.22. The number of hydrogen-bond acceptors (Lipinski definition) is 7. The summed E-state index contributed by atoms with van der Waals surface area (Å²) in [5, 5.41) is 9.50. The summed E-state index contributed by atoms with van der Waals surface area (Å²) in [4.78, 5) is 40.2. The molecule has 0 bridgehead atoms. The Morgan fingerprint density at radius 1 is 0.974 bits per heavy atom. The number of ether oxygens (including phenoxy) is 1. The van der Waals surface area contributed by atoms with Crippen molar-refractivity contribution in [1.29, 1.82) is 0 Å². The molecule has 2 aliphatic heterocycles.